The third kappa shape index (κ3) is 4.60. The van der Waals surface area contributed by atoms with Crippen molar-refractivity contribution >= 4 is 16.8 Å². The fourth-order valence-corrected chi connectivity index (χ4v) is 3.04. The Hall–Kier alpha value is -3.68. The number of rotatable bonds is 8. The molecule has 1 aromatic carbocycles. The number of aryl methyl sites for hydroxylation is 1. The van der Waals surface area contributed by atoms with E-state index < -0.39 is 0 Å². The van der Waals surface area contributed by atoms with Gasteiger partial charge in [0.25, 0.3) is 0 Å². The van der Waals surface area contributed by atoms with Crippen molar-refractivity contribution in [3.8, 4) is 17.1 Å². The molecular formula is C21H21N5O3. The lowest BCUT2D eigenvalue weighted by Crippen LogP contribution is -2.22. The number of hydrogen-bond acceptors (Lipinski definition) is 6. The van der Waals surface area contributed by atoms with Gasteiger partial charge >= 0.3 is 0 Å². The van der Waals surface area contributed by atoms with Crippen molar-refractivity contribution in [3.05, 3.63) is 60.4 Å². The average molecular weight is 391 g/mol. The molecule has 4 rings (SSSR count). The van der Waals surface area contributed by atoms with Gasteiger partial charge in [0.05, 0.1) is 13.7 Å². The van der Waals surface area contributed by atoms with Crippen LogP contribution < -0.4 is 10.1 Å². The van der Waals surface area contributed by atoms with Gasteiger partial charge in [-0.15, -0.1) is 0 Å². The Labute approximate surface area is 167 Å². The number of fused-ring (bicyclic) bond motifs is 1. The lowest BCUT2D eigenvalue weighted by molar-refractivity contribution is -0.121. The molecule has 8 heteroatoms. The Balaban J connectivity index is 1.24. The smallest absolute Gasteiger partial charge is 0.226 e. The summed E-state index contributed by atoms with van der Waals surface area (Å²) in [5.74, 6) is 1.81. The van der Waals surface area contributed by atoms with Crippen LogP contribution in [0.15, 0.2) is 53.3 Å². The summed E-state index contributed by atoms with van der Waals surface area (Å²) in [4.78, 5) is 23.8. The van der Waals surface area contributed by atoms with Crippen molar-refractivity contribution in [2.45, 2.75) is 25.8 Å². The fourth-order valence-electron chi connectivity index (χ4n) is 3.04. The highest BCUT2D eigenvalue weighted by Crippen LogP contribution is 2.21. The van der Waals surface area contributed by atoms with E-state index in [9.17, 15) is 4.79 Å². The molecule has 0 unspecified atom stereocenters. The van der Waals surface area contributed by atoms with Gasteiger partial charge in [-0.05, 0) is 42.8 Å². The molecule has 0 aliphatic rings. The maximum Gasteiger partial charge on any atom is 0.226 e. The maximum absolute atomic E-state index is 12.1. The summed E-state index contributed by atoms with van der Waals surface area (Å²) in [6.45, 7) is 0.446. The van der Waals surface area contributed by atoms with Crippen LogP contribution in [-0.4, -0.2) is 33.1 Å². The second-order valence-electron chi connectivity index (χ2n) is 6.63. The van der Waals surface area contributed by atoms with Crippen molar-refractivity contribution in [1.29, 1.82) is 0 Å². The molecule has 0 fully saturated rings. The van der Waals surface area contributed by atoms with Crippen LogP contribution >= 0.6 is 0 Å². The SMILES string of the molecule is COc1ccc2[nH]c(CNC(=O)CCCc3nc(-c4cccnc4)no3)cc2c1. The first-order valence-electron chi connectivity index (χ1n) is 9.36. The Morgan fingerprint density at radius 2 is 2.21 bits per heavy atom. The number of methoxy groups -OCH3 is 1. The molecule has 0 atom stereocenters. The van der Waals surface area contributed by atoms with E-state index in [1.165, 1.54) is 0 Å². The largest absolute Gasteiger partial charge is 0.497 e. The Morgan fingerprint density at radius 1 is 1.28 bits per heavy atom. The van der Waals surface area contributed by atoms with Gasteiger partial charge < -0.3 is 19.6 Å². The molecule has 3 heterocycles. The number of hydrogen-bond donors (Lipinski definition) is 2. The lowest BCUT2D eigenvalue weighted by atomic mass is 10.2. The van der Waals surface area contributed by atoms with E-state index in [1.807, 2.05) is 36.4 Å². The molecule has 148 valence electrons. The van der Waals surface area contributed by atoms with Gasteiger partial charge in [-0.25, -0.2) is 0 Å². The van der Waals surface area contributed by atoms with E-state index in [2.05, 4.69) is 25.4 Å². The number of pyridine rings is 1. The van der Waals surface area contributed by atoms with Crippen molar-refractivity contribution in [2.24, 2.45) is 0 Å². The van der Waals surface area contributed by atoms with E-state index >= 15 is 0 Å². The van der Waals surface area contributed by atoms with Crippen LogP contribution in [-0.2, 0) is 17.8 Å². The summed E-state index contributed by atoms with van der Waals surface area (Å²) in [5.41, 5.74) is 2.76. The second-order valence-corrected chi connectivity index (χ2v) is 6.63. The molecule has 2 N–H and O–H groups in total. The molecule has 0 spiro atoms. The number of amides is 1. The van der Waals surface area contributed by atoms with E-state index in [1.54, 1.807) is 19.5 Å². The van der Waals surface area contributed by atoms with Crippen LogP contribution in [0.25, 0.3) is 22.3 Å². The van der Waals surface area contributed by atoms with E-state index in [4.69, 9.17) is 9.26 Å². The maximum atomic E-state index is 12.1. The van der Waals surface area contributed by atoms with Crippen molar-refractivity contribution < 1.29 is 14.1 Å². The molecule has 29 heavy (non-hydrogen) atoms. The average Bonchev–Trinajstić information content (AvgIpc) is 3.39. The Bertz CT molecular complexity index is 1100. The highest BCUT2D eigenvalue weighted by Gasteiger charge is 2.10. The Morgan fingerprint density at radius 3 is 3.03 bits per heavy atom. The number of carbonyl (C=O) groups is 1. The molecule has 0 bridgehead atoms. The molecule has 0 saturated carbocycles. The fraction of sp³-hybridized carbons (Fsp3) is 0.238. The normalized spacial score (nSPS) is 10.9. The number of aromatic nitrogens is 4. The molecule has 3 aromatic heterocycles. The van der Waals surface area contributed by atoms with Gasteiger partial charge in [0.2, 0.25) is 17.6 Å². The number of ether oxygens (including phenoxy) is 1. The van der Waals surface area contributed by atoms with Gasteiger partial charge in [-0.2, -0.15) is 4.98 Å². The Kier molecular flexibility index (Phi) is 5.51. The minimum atomic E-state index is -0.0202. The number of H-pyrrole nitrogens is 1. The first kappa shape index (κ1) is 18.7. The molecular weight excluding hydrogens is 370 g/mol. The highest BCUT2D eigenvalue weighted by molar-refractivity contribution is 5.82. The number of nitrogens with zero attached hydrogens (tertiary/aromatic N) is 3. The van der Waals surface area contributed by atoms with Crippen molar-refractivity contribution in [2.75, 3.05) is 7.11 Å². The monoisotopic (exact) mass is 391 g/mol. The van der Waals surface area contributed by atoms with Crippen LogP contribution in [0.2, 0.25) is 0 Å². The van der Waals surface area contributed by atoms with Crippen molar-refractivity contribution in [1.82, 2.24) is 25.4 Å². The zero-order valence-corrected chi connectivity index (χ0v) is 16.0. The van der Waals surface area contributed by atoms with E-state index in [0.717, 1.165) is 27.9 Å². The topological polar surface area (TPSA) is 106 Å². The molecule has 8 nitrogen and oxygen atoms in total. The predicted octanol–water partition coefficient (Wildman–Crippen LogP) is 3.26. The number of aromatic amines is 1. The number of benzene rings is 1. The van der Waals surface area contributed by atoms with Gasteiger partial charge in [0, 0.05) is 47.4 Å². The highest BCUT2D eigenvalue weighted by atomic mass is 16.5. The molecule has 1 amide bonds. The van der Waals surface area contributed by atoms with E-state index in [0.29, 0.717) is 37.5 Å². The van der Waals surface area contributed by atoms with Crippen LogP contribution in [0.1, 0.15) is 24.4 Å². The number of carbonyl (C=O) groups excluding carboxylic acids is 1. The summed E-state index contributed by atoms with van der Waals surface area (Å²) in [6.07, 6.45) is 4.94. The molecule has 0 radical (unpaired) electrons. The first-order chi connectivity index (χ1) is 14.2. The molecule has 0 saturated heterocycles. The number of nitrogens with one attached hydrogen (secondary N) is 2. The summed E-state index contributed by atoms with van der Waals surface area (Å²) < 4.78 is 10.5. The second kappa shape index (κ2) is 8.55. The third-order valence-corrected chi connectivity index (χ3v) is 4.54. The summed E-state index contributed by atoms with van der Waals surface area (Å²) in [6, 6.07) is 11.5. The zero-order valence-electron chi connectivity index (χ0n) is 16.0. The molecule has 0 aliphatic heterocycles. The minimum Gasteiger partial charge on any atom is -0.497 e. The zero-order chi connectivity index (χ0) is 20.1. The summed E-state index contributed by atoms with van der Waals surface area (Å²) >= 11 is 0. The van der Waals surface area contributed by atoms with Crippen LogP contribution in [0.5, 0.6) is 5.75 Å². The van der Waals surface area contributed by atoms with Crippen LogP contribution in [0.4, 0.5) is 0 Å². The third-order valence-electron chi connectivity index (χ3n) is 4.54. The minimum absolute atomic E-state index is 0.0202. The van der Waals surface area contributed by atoms with Crippen molar-refractivity contribution in [3.63, 3.8) is 0 Å². The quantitative estimate of drug-likeness (QED) is 0.478. The lowest BCUT2D eigenvalue weighted by Gasteiger charge is -2.02. The van der Waals surface area contributed by atoms with Crippen LogP contribution in [0, 0.1) is 0 Å². The standard InChI is InChI=1S/C21H21N5O3/c1-28-17-7-8-18-15(11-17)10-16(24-18)13-23-19(27)5-2-6-20-25-21(26-29-20)14-4-3-9-22-12-14/h3-4,7-12,24H,2,5-6,13H2,1H3,(H,23,27). The van der Waals surface area contributed by atoms with Gasteiger partial charge in [-0.1, -0.05) is 5.16 Å². The van der Waals surface area contributed by atoms with Gasteiger partial charge in [0.1, 0.15) is 5.75 Å². The van der Waals surface area contributed by atoms with E-state index in [-0.39, 0.29) is 5.91 Å². The first-order valence-corrected chi connectivity index (χ1v) is 9.36. The molecule has 4 aromatic rings. The summed E-state index contributed by atoms with van der Waals surface area (Å²) in [7, 11) is 1.64. The molecule has 0 aliphatic carbocycles. The van der Waals surface area contributed by atoms with Gasteiger partial charge in [0.15, 0.2) is 0 Å². The van der Waals surface area contributed by atoms with Crippen LogP contribution in [0.3, 0.4) is 0 Å². The predicted molar refractivity (Wildman–Crippen MR) is 107 cm³/mol. The summed E-state index contributed by atoms with van der Waals surface area (Å²) in [5, 5.41) is 7.93. The van der Waals surface area contributed by atoms with Gasteiger partial charge in [-0.3, -0.25) is 9.78 Å².